The topological polar surface area (TPSA) is 53.4 Å². The summed E-state index contributed by atoms with van der Waals surface area (Å²) in [6.45, 7) is 2.60. The zero-order chi connectivity index (χ0) is 16.1. The van der Waals surface area contributed by atoms with Crippen LogP contribution in [0.15, 0.2) is 48.7 Å². The maximum atomic E-state index is 11.3. The largest absolute Gasteiger partial charge is 0.478 e. The minimum absolute atomic E-state index is 0.316. The fourth-order valence-corrected chi connectivity index (χ4v) is 3.34. The maximum absolute atomic E-state index is 11.3. The van der Waals surface area contributed by atoms with E-state index in [0.29, 0.717) is 23.7 Å². The van der Waals surface area contributed by atoms with Gasteiger partial charge in [0, 0.05) is 12.7 Å². The number of aromatic nitrogens is 1. The highest BCUT2D eigenvalue weighted by atomic mass is 16.4. The molecule has 0 amide bonds. The molecule has 0 aliphatic carbocycles. The lowest BCUT2D eigenvalue weighted by Crippen LogP contribution is -2.26. The van der Waals surface area contributed by atoms with E-state index in [-0.39, 0.29) is 0 Å². The summed E-state index contributed by atoms with van der Waals surface area (Å²) in [5.41, 5.74) is 2.40. The van der Waals surface area contributed by atoms with Crippen LogP contribution in [0.5, 0.6) is 0 Å². The van der Waals surface area contributed by atoms with Crippen LogP contribution in [0.25, 0.3) is 0 Å². The number of nitrogens with zero attached hydrogens (tertiary/aromatic N) is 2. The number of carboxylic acid groups (broad SMARTS) is 1. The Morgan fingerprint density at radius 3 is 2.74 bits per heavy atom. The summed E-state index contributed by atoms with van der Waals surface area (Å²) in [4.78, 5) is 17.9. The fraction of sp³-hybridized carbons (Fsp3) is 0.368. The minimum atomic E-state index is -0.898. The predicted octanol–water partition coefficient (Wildman–Crippen LogP) is 3.55. The van der Waals surface area contributed by atoms with Gasteiger partial charge in [0.25, 0.3) is 0 Å². The highest BCUT2D eigenvalue weighted by molar-refractivity contribution is 5.88. The van der Waals surface area contributed by atoms with E-state index in [1.807, 2.05) is 0 Å². The van der Waals surface area contributed by atoms with Crippen LogP contribution in [0.2, 0.25) is 0 Å². The third-order valence-corrected chi connectivity index (χ3v) is 4.59. The molecule has 1 atom stereocenters. The summed E-state index contributed by atoms with van der Waals surface area (Å²) >= 11 is 0. The zero-order valence-corrected chi connectivity index (χ0v) is 13.2. The number of hydrogen-bond donors (Lipinski definition) is 1. The molecule has 2 heterocycles. The van der Waals surface area contributed by atoms with Gasteiger partial charge < -0.3 is 5.11 Å². The molecule has 1 N–H and O–H groups in total. The van der Waals surface area contributed by atoms with Gasteiger partial charge in [-0.05, 0) is 56.0 Å². The van der Waals surface area contributed by atoms with Crippen LogP contribution in [0.4, 0.5) is 0 Å². The molecule has 1 saturated heterocycles. The standard InChI is InChI=1S/C19H22N2O2/c22-19(23)17-9-4-11-20-18(17)14-21-12-5-8-16(10-13-21)15-6-2-1-3-7-15/h1-4,6-7,9,11,16H,5,8,10,12-14H2,(H,22,23)/t16-/m0/s1. The van der Waals surface area contributed by atoms with Crippen LogP contribution >= 0.6 is 0 Å². The van der Waals surface area contributed by atoms with E-state index < -0.39 is 5.97 Å². The summed E-state index contributed by atoms with van der Waals surface area (Å²) in [6.07, 6.45) is 5.11. The molecule has 0 saturated carbocycles. The van der Waals surface area contributed by atoms with Crippen molar-refractivity contribution in [2.24, 2.45) is 0 Å². The number of likely N-dealkylation sites (tertiary alicyclic amines) is 1. The molecular formula is C19H22N2O2. The number of aromatic carboxylic acids is 1. The van der Waals surface area contributed by atoms with Crippen molar-refractivity contribution in [1.82, 2.24) is 9.88 Å². The lowest BCUT2D eigenvalue weighted by molar-refractivity contribution is 0.0693. The van der Waals surface area contributed by atoms with Crippen molar-refractivity contribution in [2.45, 2.75) is 31.7 Å². The molecule has 1 aromatic heterocycles. The Labute approximate surface area is 136 Å². The summed E-state index contributed by atoms with van der Waals surface area (Å²) in [6, 6.07) is 14.0. The predicted molar refractivity (Wildman–Crippen MR) is 89.5 cm³/mol. The Morgan fingerprint density at radius 2 is 1.96 bits per heavy atom. The van der Waals surface area contributed by atoms with Crippen LogP contribution < -0.4 is 0 Å². The molecule has 1 aliphatic rings. The molecule has 1 aliphatic heterocycles. The Balaban J connectivity index is 1.66. The Bertz CT molecular complexity index is 657. The van der Waals surface area contributed by atoms with Crippen LogP contribution in [0, 0.1) is 0 Å². The summed E-state index contributed by atoms with van der Waals surface area (Å²) in [5.74, 6) is -0.297. The quantitative estimate of drug-likeness (QED) is 0.938. The fourth-order valence-electron chi connectivity index (χ4n) is 3.34. The molecule has 0 unspecified atom stereocenters. The summed E-state index contributed by atoms with van der Waals surface area (Å²) < 4.78 is 0. The van der Waals surface area contributed by atoms with Gasteiger partial charge in [-0.15, -0.1) is 0 Å². The minimum Gasteiger partial charge on any atom is -0.478 e. The molecular weight excluding hydrogens is 288 g/mol. The molecule has 3 rings (SSSR count). The number of rotatable bonds is 4. The molecule has 1 aromatic carbocycles. The van der Waals surface area contributed by atoms with Crippen molar-refractivity contribution in [3.63, 3.8) is 0 Å². The van der Waals surface area contributed by atoms with Gasteiger partial charge in [-0.25, -0.2) is 4.79 Å². The van der Waals surface area contributed by atoms with Crippen LogP contribution in [0.3, 0.4) is 0 Å². The third kappa shape index (κ3) is 3.96. The Morgan fingerprint density at radius 1 is 1.13 bits per heavy atom. The van der Waals surface area contributed by atoms with Crippen LogP contribution in [-0.2, 0) is 6.54 Å². The number of carboxylic acids is 1. The first kappa shape index (κ1) is 15.7. The van der Waals surface area contributed by atoms with Crippen LogP contribution in [-0.4, -0.2) is 34.0 Å². The molecule has 0 bridgehead atoms. The monoisotopic (exact) mass is 310 g/mol. The van der Waals surface area contributed by atoms with Gasteiger partial charge in [0.15, 0.2) is 0 Å². The van der Waals surface area contributed by atoms with E-state index in [0.717, 1.165) is 25.9 Å². The number of carbonyl (C=O) groups is 1. The lowest BCUT2D eigenvalue weighted by atomic mass is 9.92. The van der Waals surface area contributed by atoms with Gasteiger partial charge in [0.1, 0.15) is 0 Å². The smallest absolute Gasteiger partial charge is 0.337 e. The molecule has 4 nitrogen and oxygen atoms in total. The second kappa shape index (κ2) is 7.38. The second-order valence-corrected chi connectivity index (χ2v) is 6.12. The third-order valence-electron chi connectivity index (χ3n) is 4.59. The van der Waals surface area contributed by atoms with Gasteiger partial charge in [-0.1, -0.05) is 30.3 Å². The molecule has 120 valence electrons. The molecule has 23 heavy (non-hydrogen) atoms. The van der Waals surface area contributed by atoms with Gasteiger partial charge in [0.2, 0.25) is 0 Å². The van der Waals surface area contributed by atoms with Crippen molar-refractivity contribution in [3.05, 3.63) is 65.5 Å². The average Bonchev–Trinajstić information content (AvgIpc) is 2.82. The van der Waals surface area contributed by atoms with E-state index in [9.17, 15) is 9.90 Å². The Kier molecular flexibility index (Phi) is 5.03. The molecule has 1 fully saturated rings. The zero-order valence-electron chi connectivity index (χ0n) is 13.2. The highest BCUT2D eigenvalue weighted by Crippen LogP contribution is 2.28. The first-order chi connectivity index (χ1) is 11.2. The first-order valence-corrected chi connectivity index (χ1v) is 8.18. The molecule has 0 radical (unpaired) electrons. The average molecular weight is 310 g/mol. The molecule has 2 aromatic rings. The molecule has 4 heteroatoms. The normalized spacial score (nSPS) is 19.2. The van der Waals surface area contributed by atoms with E-state index in [2.05, 4.69) is 40.2 Å². The lowest BCUT2D eigenvalue weighted by Gasteiger charge is -2.20. The van der Waals surface area contributed by atoms with Crippen molar-refractivity contribution >= 4 is 5.97 Å². The van der Waals surface area contributed by atoms with Gasteiger partial charge >= 0.3 is 5.97 Å². The van der Waals surface area contributed by atoms with Gasteiger partial charge in [-0.2, -0.15) is 0 Å². The Hall–Kier alpha value is -2.20. The summed E-state index contributed by atoms with van der Waals surface area (Å²) in [7, 11) is 0. The maximum Gasteiger partial charge on any atom is 0.337 e. The van der Waals surface area contributed by atoms with E-state index in [1.165, 1.54) is 12.0 Å². The van der Waals surface area contributed by atoms with Gasteiger partial charge in [-0.3, -0.25) is 9.88 Å². The van der Waals surface area contributed by atoms with Crippen molar-refractivity contribution < 1.29 is 9.90 Å². The number of pyridine rings is 1. The van der Waals surface area contributed by atoms with E-state index in [4.69, 9.17) is 0 Å². The second-order valence-electron chi connectivity index (χ2n) is 6.12. The molecule has 0 spiro atoms. The number of hydrogen-bond acceptors (Lipinski definition) is 3. The SMILES string of the molecule is O=C(O)c1cccnc1CN1CCC[C@H](c2ccccc2)CC1. The first-order valence-electron chi connectivity index (χ1n) is 8.18. The highest BCUT2D eigenvalue weighted by Gasteiger charge is 2.20. The van der Waals surface area contributed by atoms with E-state index in [1.54, 1.807) is 18.3 Å². The summed E-state index contributed by atoms with van der Waals surface area (Å²) in [5, 5.41) is 9.28. The van der Waals surface area contributed by atoms with E-state index >= 15 is 0 Å². The number of benzene rings is 1. The van der Waals surface area contributed by atoms with Crippen molar-refractivity contribution in [1.29, 1.82) is 0 Å². The van der Waals surface area contributed by atoms with Crippen LogP contribution in [0.1, 0.15) is 46.8 Å². The van der Waals surface area contributed by atoms with Crippen molar-refractivity contribution in [2.75, 3.05) is 13.1 Å². The van der Waals surface area contributed by atoms with Crippen molar-refractivity contribution in [3.8, 4) is 0 Å². The van der Waals surface area contributed by atoms with Gasteiger partial charge in [0.05, 0.1) is 11.3 Å².